The summed E-state index contributed by atoms with van der Waals surface area (Å²) in [7, 11) is 3.11. The molecule has 4 rings (SSSR count). The summed E-state index contributed by atoms with van der Waals surface area (Å²) < 4.78 is 37.5. The van der Waals surface area contributed by atoms with Crippen LogP contribution in [0.4, 0.5) is 13.6 Å². The molecule has 8 nitrogen and oxygen atoms in total. The van der Waals surface area contributed by atoms with Gasteiger partial charge < -0.3 is 19.5 Å². The summed E-state index contributed by atoms with van der Waals surface area (Å²) in [5, 5.41) is 9.92. The Labute approximate surface area is 173 Å². The van der Waals surface area contributed by atoms with Crippen LogP contribution in [0.2, 0.25) is 0 Å². The summed E-state index contributed by atoms with van der Waals surface area (Å²) >= 11 is 1.09. The number of urea groups is 1. The molecule has 30 heavy (non-hydrogen) atoms. The SMILES string of the molecule is CN(C)C(=O)N=c1sc(CO)c(-c2ccccn2)n1-c1ccc2c(c1)OC(F)(F)O2. The number of pyridine rings is 1. The lowest BCUT2D eigenvalue weighted by molar-refractivity contribution is -0.286. The number of amides is 2. The number of ether oxygens (including phenoxy) is 2. The molecule has 0 spiro atoms. The first-order valence-electron chi connectivity index (χ1n) is 8.72. The Morgan fingerprint density at radius 3 is 2.70 bits per heavy atom. The van der Waals surface area contributed by atoms with Gasteiger partial charge in [-0.1, -0.05) is 17.4 Å². The van der Waals surface area contributed by atoms with E-state index in [1.54, 1.807) is 43.1 Å². The molecule has 0 saturated heterocycles. The van der Waals surface area contributed by atoms with Crippen molar-refractivity contribution in [1.82, 2.24) is 14.5 Å². The van der Waals surface area contributed by atoms with Crippen LogP contribution in [0.15, 0.2) is 47.6 Å². The standard InChI is InChI=1S/C19H16F2N4O4S/c1-24(2)17(27)23-18-25(11-6-7-13-14(9-11)29-19(20,21)28-13)16(15(10-26)30-18)12-5-3-4-8-22-12/h3-9,26H,10H2,1-2H3. The second-order valence-electron chi connectivity index (χ2n) is 6.45. The molecule has 0 radical (unpaired) electrons. The highest BCUT2D eigenvalue weighted by atomic mass is 32.1. The minimum atomic E-state index is -3.76. The number of benzene rings is 1. The highest BCUT2D eigenvalue weighted by Crippen LogP contribution is 2.42. The third-order valence-electron chi connectivity index (χ3n) is 4.16. The van der Waals surface area contributed by atoms with Crippen LogP contribution in [0.1, 0.15) is 4.88 Å². The monoisotopic (exact) mass is 434 g/mol. The van der Waals surface area contributed by atoms with Crippen molar-refractivity contribution in [2.75, 3.05) is 14.1 Å². The summed E-state index contributed by atoms with van der Waals surface area (Å²) in [5.74, 6) is -0.261. The zero-order valence-corrected chi connectivity index (χ0v) is 16.7. The molecule has 1 aliphatic rings. The molecule has 0 atom stereocenters. The van der Waals surface area contributed by atoms with Gasteiger partial charge in [0.1, 0.15) is 0 Å². The first kappa shape index (κ1) is 20.0. The van der Waals surface area contributed by atoms with E-state index in [1.165, 1.54) is 23.1 Å². The first-order chi connectivity index (χ1) is 14.3. The van der Waals surface area contributed by atoms with Crippen LogP contribution < -0.4 is 14.3 Å². The van der Waals surface area contributed by atoms with Gasteiger partial charge in [0.2, 0.25) is 0 Å². The molecule has 0 bridgehead atoms. The zero-order valence-electron chi connectivity index (χ0n) is 15.9. The molecule has 2 amide bonds. The number of fused-ring (bicyclic) bond motifs is 1. The lowest BCUT2D eigenvalue weighted by atomic mass is 10.2. The Kier molecular flexibility index (Phi) is 5.00. The molecular formula is C19H16F2N4O4S. The number of nitrogens with zero attached hydrogens (tertiary/aromatic N) is 4. The largest absolute Gasteiger partial charge is 0.586 e. The van der Waals surface area contributed by atoms with Crippen LogP contribution in [0.5, 0.6) is 11.5 Å². The molecule has 0 fully saturated rings. The van der Waals surface area contributed by atoms with Crippen molar-refractivity contribution < 1.29 is 28.2 Å². The summed E-state index contributed by atoms with van der Waals surface area (Å²) in [6.45, 7) is -0.329. The van der Waals surface area contributed by atoms with Crippen molar-refractivity contribution in [3.05, 3.63) is 52.3 Å². The molecule has 1 aromatic carbocycles. The maximum Gasteiger partial charge on any atom is 0.586 e. The Morgan fingerprint density at radius 2 is 2.03 bits per heavy atom. The number of aromatic nitrogens is 2. The van der Waals surface area contributed by atoms with Crippen LogP contribution in [0.25, 0.3) is 17.1 Å². The zero-order chi connectivity index (χ0) is 21.5. The van der Waals surface area contributed by atoms with Gasteiger partial charge in [0.05, 0.1) is 28.6 Å². The third kappa shape index (κ3) is 3.64. The molecule has 0 unspecified atom stereocenters. The number of carbonyl (C=O) groups is 1. The van der Waals surface area contributed by atoms with E-state index in [2.05, 4.69) is 19.5 Å². The fourth-order valence-corrected chi connectivity index (χ4v) is 3.85. The van der Waals surface area contributed by atoms with Gasteiger partial charge >= 0.3 is 12.3 Å². The van der Waals surface area contributed by atoms with Crippen molar-refractivity contribution in [3.63, 3.8) is 0 Å². The fourth-order valence-electron chi connectivity index (χ4n) is 2.86. The minimum absolute atomic E-state index is 0.107. The third-order valence-corrected chi connectivity index (χ3v) is 5.19. The van der Waals surface area contributed by atoms with Gasteiger partial charge in [-0.25, -0.2) is 4.79 Å². The smallest absolute Gasteiger partial charge is 0.395 e. The molecule has 11 heteroatoms. The average molecular weight is 434 g/mol. The van der Waals surface area contributed by atoms with E-state index < -0.39 is 12.3 Å². The van der Waals surface area contributed by atoms with Crippen molar-refractivity contribution in [1.29, 1.82) is 0 Å². The Balaban J connectivity index is 1.98. The Bertz CT molecular complexity index is 1180. The van der Waals surface area contributed by atoms with Crippen molar-refractivity contribution in [3.8, 4) is 28.6 Å². The molecule has 2 aromatic heterocycles. The number of rotatable bonds is 3. The van der Waals surface area contributed by atoms with Crippen LogP contribution >= 0.6 is 11.3 Å². The van der Waals surface area contributed by atoms with Gasteiger partial charge in [-0.2, -0.15) is 4.99 Å². The molecule has 3 heterocycles. The quantitative estimate of drug-likeness (QED) is 0.685. The summed E-state index contributed by atoms with van der Waals surface area (Å²) in [6, 6.07) is 8.95. The summed E-state index contributed by atoms with van der Waals surface area (Å²) in [4.78, 5) is 22.7. The molecule has 1 N–H and O–H groups in total. The second kappa shape index (κ2) is 7.50. The van der Waals surface area contributed by atoms with Crippen molar-refractivity contribution in [2.24, 2.45) is 4.99 Å². The number of carbonyl (C=O) groups excluding carboxylic acids is 1. The highest BCUT2D eigenvalue weighted by molar-refractivity contribution is 7.09. The summed E-state index contributed by atoms with van der Waals surface area (Å²) in [6.07, 6.45) is -2.17. The lowest BCUT2D eigenvalue weighted by Crippen LogP contribution is -2.26. The maximum absolute atomic E-state index is 13.5. The van der Waals surface area contributed by atoms with Crippen LogP contribution in [0.3, 0.4) is 0 Å². The van der Waals surface area contributed by atoms with E-state index in [0.29, 0.717) is 22.0 Å². The number of halogens is 2. The molecule has 1 aliphatic heterocycles. The van der Waals surface area contributed by atoms with Crippen LogP contribution in [0, 0.1) is 0 Å². The van der Waals surface area contributed by atoms with E-state index in [1.807, 2.05) is 0 Å². The number of aliphatic hydroxyl groups is 1. The van der Waals surface area contributed by atoms with Crippen LogP contribution in [-0.4, -0.2) is 46.0 Å². The van der Waals surface area contributed by atoms with Crippen molar-refractivity contribution in [2.45, 2.75) is 12.9 Å². The number of hydrogen-bond acceptors (Lipinski definition) is 6. The maximum atomic E-state index is 13.5. The molecule has 156 valence electrons. The van der Waals surface area contributed by atoms with E-state index in [0.717, 1.165) is 11.3 Å². The molecule has 3 aromatic rings. The van der Waals surface area contributed by atoms with E-state index in [-0.39, 0.29) is 22.9 Å². The number of aliphatic hydroxyl groups excluding tert-OH is 1. The topological polar surface area (TPSA) is 89.2 Å². The van der Waals surface area contributed by atoms with Gasteiger partial charge in [0, 0.05) is 26.4 Å². The normalized spacial score (nSPS) is 14.8. The van der Waals surface area contributed by atoms with Crippen LogP contribution in [-0.2, 0) is 6.61 Å². The Hall–Kier alpha value is -3.31. The van der Waals surface area contributed by atoms with E-state index >= 15 is 0 Å². The van der Waals surface area contributed by atoms with E-state index in [4.69, 9.17) is 0 Å². The lowest BCUT2D eigenvalue weighted by Gasteiger charge is -2.11. The van der Waals surface area contributed by atoms with E-state index in [9.17, 15) is 18.7 Å². The number of alkyl halides is 2. The predicted molar refractivity (Wildman–Crippen MR) is 104 cm³/mol. The molecular weight excluding hydrogens is 418 g/mol. The Morgan fingerprint density at radius 1 is 1.27 bits per heavy atom. The fraction of sp³-hybridized carbons (Fsp3) is 0.211. The molecule has 0 saturated carbocycles. The van der Waals surface area contributed by atoms with Gasteiger partial charge in [-0.05, 0) is 24.3 Å². The van der Waals surface area contributed by atoms with Crippen molar-refractivity contribution >= 4 is 17.4 Å². The highest BCUT2D eigenvalue weighted by Gasteiger charge is 2.43. The number of hydrogen-bond donors (Lipinski definition) is 1. The average Bonchev–Trinajstić information content (AvgIpc) is 3.23. The molecule has 0 aliphatic carbocycles. The van der Waals surface area contributed by atoms with Gasteiger partial charge in [0.25, 0.3) is 0 Å². The minimum Gasteiger partial charge on any atom is -0.395 e. The second-order valence-corrected chi connectivity index (χ2v) is 7.51. The summed E-state index contributed by atoms with van der Waals surface area (Å²) in [5.41, 5.74) is 1.38. The van der Waals surface area contributed by atoms with Gasteiger partial charge in [-0.15, -0.1) is 8.78 Å². The number of thiazole rings is 1. The first-order valence-corrected chi connectivity index (χ1v) is 9.54. The van der Waals surface area contributed by atoms with Gasteiger partial charge in [0.15, 0.2) is 16.3 Å². The predicted octanol–water partition coefficient (Wildman–Crippen LogP) is 3.00. The van der Waals surface area contributed by atoms with Gasteiger partial charge in [-0.3, -0.25) is 9.55 Å².